The zero-order valence-corrected chi connectivity index (χ0v) is 9.35. The van der Waals surface area contributed by atoms with E-state index in [-0.39, 0.29) is 12.1 Å². The molecule has 0 saturated carbocycles. The van der Waals surface area contributed by atoms with Crippen molar-refractivity contribution >= 4 is 5.78 Å². The van der Waals surface area contributed by atoms with Crippen LogP contribution in [0.25, 0.3) is 0 Å². The highest BCUT2D eigenvalue weighted by molar-refractivity contribution is 5.97. The van der Waals surface area contributed by atoms with E-state index in [2.05, 4.69) is 11.9 Å². The fourth-order valence-corrected chi connectivity index (χ4v) is 1.31. The molecule has 1 rings (SSSR count). The van der Waals surface area contributed by atoms with Crippen LogP contribution < -0.4 is 5.32 Å². The Balaban J connectivity index is 2.91. The Morgan fingerprint density at radius 1 is 1.39 bits per heavy atom. The normalized spacial score (nSPS) is 11.3. The summed E-state index contributed by atoms with van der Waals surface area (Å²) >= 11 is 0. The van der Waals surface area contributed by atoms with Gasteiger partial charge in [-0.1, -0.05) is 6.08 Å². The molecule has 0 atom stereocenters. The number of carbonyl (C=O) groups is 1. The third-order valence-electron chi connectivity index (χ3n) is 2.17. The van der Waals surface area contributed by atoms with E-state index in [1.165, 1.54) is 6.08 Å². The van der Waals surface area contributed by atoms with Crippen LogP contribution >= 0.6 is 0 Å². The van der Waals surface area contributed by atoms with Gasteiger partial charge >= 0.3 is 6.18 Å². The van der Waals surface area contributed by atoms with E-state index in [1.54, 1.807) is 0 Å². The van der Waals surface area contributed by atoms with E-state index in [9.17, 15) is 22.4 Å². The molecule has 0 aromatic heterocycles. The molecule has 0 spiro atoms. The standard InChI is InChI=1S/C12H11F4NO/c1-2-5-17-7-11(18)8-3-4-10(13)9(6-8)12(14,15)16/h2-4,6,17H,1,5,7H2. The van der Waals surface area contributed by atoms with Gasteiger partial charge in [0.25, 0.3) is 0 Å². The molecule has 0 aliphatic rings. The van der Waals surface area contributed by atoms with Gasteiger partial charge in [0.15, 0.2) is 5.78 Å². The fraction of sp³-hybridized carbons (Fsp3) is 0.250. The SMILES string of the molecule is C=CCNCC(=O)c1ccc(F)c(C(F)(F)F)c1. The molecule has 0 bridgehead atoms. The Morgan fingerprint density at radius 3 is 2.61 bits per heavy atom. The lowest BCUT2D eigenvalue weighted by Crippen LogP contribution is -2.23. The van der Waals surface area contributed by atoms with Crippen LogP contribution in [0.4, 0.5) is 17.6 Å². The van der Waals surface area contributed by atoms with E-state index >= 15 is 0 Å². The summed E-state index contributed by atoms with van der Waals surface area (Å²) in [6, 6.07) is 2.19. The van der Waals surface area contributed by atoms with Crippen LogP contribution in [0.3, 0.4) is 0 Å². The third kappa shape index (κ3) is 3.66. The van der Waals surface area contributed by atoms with E-state index in [4.69, 9.17) is 0 Å². The zero-order valence-electron chi connectivity index (χ0n) is 9.35. The van der Waals surface area contributed by atoms with Crippen molar-refractivity contribution in [3.05, 3.63) is 47.8 Å². The monoisotopic (exact) mass is 261 g/mol. The molecule has 1 aromatic carbocycles. The van der Waals surface area contributed by atoms with E-state index < -0.39 is 23.3 Å². The predicted octanol–water partition coefficient (Wildman–Crippen LogP) is 2.80. The second-order valence-electron chi connectivity index (χ2n) is 3.54. The number of benzene rings is 1. The zero-order chi connectivity index (χ0) is 13.8. The molecule has 1 aromatic rings. The molecule has 0 aliphatic heterocycles. The minimum absolute atomic E-state index is 0.130. The first kappa shape index (κ1) is 14.4. The second-order valence-corrected chi connectivity index (χ2v) is 3.54. The van der Waals surface area contributed by atoms with Gasteiger partial charge in [-0.15, -0.1) is 6.58 Å². The Morgan fingerprint density at radius 2 is 2.06 bits per heavy atom. The summed E-state index contributed by atoms with van der Waals surface area (Å²) in [7, 11) is 0. The molecular formula is C12H11F4NO. The van der Waals surface area contributed by atoms with Crippen molar-refractivity contribution in [2.45, 2.75) is 6.18 Å². The van der Waals surface area contributed by atoms with Gasteiger partial charge in [0.05, 0.1) is 12.1 Å². The van der Waals surface area contributed by atoms with Gasteiger partial charge < -0.3 is 5.32 Å². The molecule has 0 amide bonds. The van der Waals surface area contributed by atoms with Crippen LogP contribution in [0, 0.1) is 5.82 Å². The Bertz CT molecular complexity index is 454. The summed E-state index contributed by atoms with van der Waals surface area (Å²) in [5, 5.41) is 2.66. The lowest BCUT2D eigenvalue weighted by molar-refractivity contribution is -0.140. The molecular weight excluding hydrogens is 250 g/mol. The van der Waals surface area contributed by atoms with Crippen LogP contribution in [-0.2, 0) is 6.18 Å². The lowest BCUT2D eigenvalue weighted by Gasteiger charge is -2.09. The molecule has 0 unspecified atom stereocenters. The fourth-order valence-electron chi connectivity index (χ4n) is 1.31. The first-order valence-electron chi connectivity index (χ1n) is 5.08. The number of rotatable bonds is 5. The average molecular weight is 261 g/mol. The van der Waals surface area contributed by atoms with Crippen LogP contribution in [-0.4, -0.2) is 18.9 Å². The van der Waals surface area contributed by atoms with E-state index in [0.717, 1.165) is 6.07 Å². The molecule has 18 heavy (non-hydrogen) atoms. The summed E-state index contributed by atoms with van der Waals surface area (Å²) in [5.41, 5.74) is -1.61. The van der Waals surface area contributed by atoms with Crippen LogP contribution in [0.1, 0.15) is 15.9 Å². The largest absolute Gasteiger partial charge is 0.419 e. The van der Waals surface area contributed by atoms with Gasteiger partial charge in [0.2, 0.25) is 0 Å². The first-order valence-corrected chi connectivity index (χ1v) is 5.08. The molecule has 2 nitrogen and oxygen atoms in total. The maximum atomic E-state index is 13.0. The molecule has 6 heteroatoms. The Labute approximate surface area is 101 Å². The highest BCUT2D eigenvalue weighted by Gasteiger charge is 2.34. The molecule has 0 aliphatic carbocycles. The number of hydrogen-bond acceptors (Lipinski definition) is 2. The lowest BCUT2D eigenvalue weighted by atomic mass is 10.1. The van der Waals surface area contributed by atoms with E-state index in [1.807, 2.05) is 0 Å². The van der Waals surface area contributed by atoms with Gasteiger partial charge in [0.1, 0.15) is 5.82 Å². The summed E-state index contributed by atoms with van der Waals surface area (Å²) in [5.74, 6) is -1.93. The number of Topliss-reactive ketones (excluding diaryl/α,β-unsaturated/α-hetero) is 1. The third-order valence-corrected chi connectivity index (χ3v) is 2.17. The maximum absolute atomic E-state index is 13.0. The number of alkyl halides is 3. The van der Waals surface area contributed by atoms with Crippen LogP contribution in [0.15, 0.2) is 30.9 Å². The van der Waals surface area contributed by atoms with Gasteiger partial charge in [-0.3, -0.25) is 4.79 Å². The highest BCUT2D eigenvalue weighted by atomic mass is 19.4. The van der Waals surface area contributed by atoms with E-state index in [0.29, 0.717) is 18.7 Å². The Kier molecular flexibility index (Phi) is 4.61. The van der Waals surface area contributed by atoms with Crippen molar-refractivity contribution in [2.75, 3.05) is 13.1 Å². The number of halogens is 4. The summed E-state index contributed by atoms with van der Waals surface area (Å²) in [6.45, 7) is 3.65. The number of ketones is 1. The predicted molar refractivity (Wildman–Crippen MR) is 58.8 cm³/mol. The minimum atomic E-state index is -4.81. The van der Waals surface area contributed by atoms with Crippen LogP contribution in [0.5, 0.6) is 0 Å². The smallest absolute Gasteiger partial charge is 0.306 e. The minimum Gasteiger partial charge on any atom is -0.306 e. The van der Waals surface area contributed by atoms with Crippen molar-refractivity contribution in [1.82, 2.24) is 5.32 Å². The summed E-state index contributed by atoms with van der Waals surface area (Å²) in [6.07, 6.45) is -3.30. The molecule has 98 valence electrons. The molecule has 0 fully saturated rings. The molecule has 1 N–H and O–H groups in total. The van der Waals surface area contributed by atoms with Gasteiger partial charge in [-0.2, -0.15) is 13.2 Å². The van der Waals surface area contributed by atoms with Gasteiger partial charge in [0, 0.05) is 12.1 Å². The van der Waals surface area contributed by atoms with Crippen molar-refractivity contribution in [2.24, 2.45) is 0 Å². The number of hydrogen-bond donors (Lipinski definition) is 1. The average Bonchev–Trinajstić information content (AvgIpc) is 2.28. The van der Waals surface area contributed by atoms with Crippen LogP contribution in [0.2, 0.25) is 0 Å². The number of carbonyl (C=O) groups excluding carboxylic acids is 1. The van der Waals surface area contributed by atoms with Gasteiger partial charge in [-0.05, 0) is 18.2 Å². The second kappa shape index (κ2) is 5.77. The summed E-state index contributed by atoms with van der Waals surface area (Å²) in [4.78, 5) is 11.5. The summed E-state index contributed by atoms with van der Waals surface area (Å²) < 4.78 is 50.2. The van der Waals surface area contributed by atoms with Crippen molar-refractivity contribution < 1.29 is 22.4 Å². The van der Waals surface area contributed by atoms with Crippen molar-refractivity contribution in [3.63, 3.8) is 0 Å². The molecule has 0 saturated heterocycles. The quantitative estimate of drug-likeness (QED) is 0.382. The first-order chi connectivity index (χ1) is 8.36. The topological polar surface area (TPSA) is 29.1 Å². The Hall–Kier alpha value is -1.69. The number of nitrogens with one attached hydrogen (secondary N) is 1. The van der Waals surface area contributed by atoms with Crippen molar-refractivity contribution in [1.29, 1.82) is 0 Å². The van der Waals surface area contributed by atoms with Gasteiger partial charge in [-0.25, -0.2) is 4.39 Å². The highest BCUT2D eigenvalue weighted by Crippen LogP contribution is 2.31. The van der Waals surface area contributed by atoms with Crippen molar-refractivity contribution in [3.8, 4) is 0 Å². The maximum Gasteiger partial charge on any atom is 0.419 e. The molecule has 0 heterocycles. The molecule has 0 radical (unpaired) electrons.